The van der Waals surface area contributed by atoms with Crippen LogP contribution in [0.5, 0.6) is 0 Å². The molecular formula is C27H29N2+. The van der Waals surface area contributed by atoms with E-state index in [1.165, 1.54) is 51.0 Å². The number of hydrogen-bond donors (Lipinski definition) is 0. The molecule has 3 aromatic rings. The molecule has 2 heterocycles. The third kappa shape index (κ3) is 2.81. The molecule has 0 atom stereocenters. The minimum absolute atomic E-state index is 0.00598. The van der Waals surface area contributed by atoms with Crippen molar-refractivity contribution >= 4 is 33.9 Å². The van der Waals surface area contributed by atoms with Crippen LogP contribution in [-0.4, -0.2) is 30.9 Å². The van der Waals surface area contributed by atoms with E-state index in [0.29, 0.717) is 0 Å². The molecule has 2 nitrogen and oxygen atoms in total. The van der Waals surface area contributed by atoms with Gasteiger partial charge in [-0.05, 0) is 60.9 Å². The lowest BCUT2D eigenvalue weighted by Crippen LogP contribution is -2.34. The van der Waals surface area contributed by atoms with Gasteiger partial charge in [0.1, 0.15) is 6.54 Å². The number of benzene rings is 3. The van der Waals surface area contributed by atoms with Gasteiger partial charge in [0.05, 0.1) is 5.41 Å². The lowest BCUT2D eigenvalue weighted by atomic mass is 9.75. The molecule has 0 N–H and O–H groups in total. The molecule has 29 heavy (non-hydrogen) atoms. The smallest absolute Gasteiger partial charge is 0.210 e. The summed E-state index contributed by atoms with van der Waals surface area (Å²) in [5.74, 6) is 0. The van der Waals surface area contributed by atoms with Gasteiger partial charge in [-0.2, -0.15) is 4.58 Å². The Kier molecular flexibility index (Phi) is 4.13. The van der Waals surface area contributed by atoms with Crippen molar-refractivity contribution in [3.63, 3.8) is 0 Å². The van der Waals surface area contributed by atoms with Crippen LogP contribution in [0.15, 0.2) is 66.2 Å². The zero-order chi connectivity index (χ0) is 20.2. The predicted octanol–water partition coefficient (Wildman–Crippen LogP) is 6.16. The predicted molar refractivity (Wildman–Crippen MR) is 125 cm³/mol. The minimum Gasteiger partial charge on any atom is -0.378 e. The van der Waals surface area contributed by atoms with Crippen LogP contribution in [0, 0.1) is 0 Å². The highest BCUT2D eigenvalue weighted by Crippen LogP contribution is 2.47. The summed E-state index contributed by atoms with van der Waals surface area (Å²) >= 11 is 0. The van der Waals surface area contributed by atoms with Crippen LogP contribution in [0.25, 0.3) is 16.8 Å². The molecule has 0 radical (unpaired) electrons. The largest absolute Gasteiger partial charge is 0.378 e. The van der Waals surface area contributed by atoms with Crippen LogP contribution in [-0.2, 0) is 5.41 Å². The molecule has 0 aromatic heterocycles. The van der Waals surface area contributed by atoms with Crippen LogP contribution in [0.2, 0.25) is 0 Å². The summed E-state index contributed by atoms with van der Waals surface area (Å²) in [6, 6.07) is 22.4. The van der Waals surface area contributed by atoms with E-state index in [9.17, 15) is 0 Å². The first kappa shape index (κ1) is 18.2. The minimum atomic E-state index is 0.00598. The van der Waals surface area contributed by atoms with Gasteiger partial charge in [0.15, 0.2) is 5.71 Å². The molecule has 0 amide bonds. The summed E-state index contributed by atoms with van der Waals surface area (Å²) in [4.78, 5) is 2.15. The van der Waals surface area contributed by atoms with Crippen molar-refractivity contribution in [1.29, 1.82) is 0 Å². The molecule has 2 aliphatic heterocycles. The van der Waals surface area contributed by atoms with E-state index < -0.39 is 0 Å². The summed E-state index contributed by atoms with van der Waals surface area (Å²) in [5, 5.41) is 2.73. The number of allylic oxidation sites excluding steroid dienone is 1. The first-order valence-corrected chi connectivity index (χ1v) is 10.6. The van der Waals surface area contributed by atoms with Crippen LogP contribution in [0.4, 0.5) is 11.4 Å². The van der Waals surface area contributed by atoms with Crippen LogP contribution in [0.1, 0.15) is 37.8 Å². The number of fused-ring (bicyclic) bond motifs is 4. The third-order valence-corrected chi connectivity index (χ3v) is 6.57. The van der Waals surface area contributed by atoms with Gasteiger partial charge in [0, 0.05) is 43.4 Å². The van der Waals surface area contributed by atoms with Crippen molar-refractivity contribution in [1.82, 2.24) is 0 Å². The van der Waals surface area contributed by atoms with Crippen molar-refractivity contribution in [2.45, 2.75) is 32.1 Å². The van der Waals surface area contributed by atoms with Gasteiger partial charge in [-0.1, -0.05) is 36.4 Å². The average molecular weight is 382 g/mol. The van der Waals surface area contributed by atoms with E-state index in [2.05, 4.69) is 104 Å². The Hall–Kier alpha value is -2.87. The summed E-state index contributed by atoms with van der Waals surface area (Å²) in [5.41, 5.74) is 8.40. The molecule has 2 aliphatic rings. The van der Waals surface area contributed by atoms with Gasteiger partial charge >= 0.3 is 0 Å². The first-order valence-electron chi connectivity index (χ1n) is 10.6. The molecule has 3 aromatic carbocycles. The van der Waals surface area contributed by atoms with Crippen molar-refractivity contribution in [3.8, 4) is 0 Å². The summed E-state index contributed by atoms with van der Waals surface area (Å²) in [6.45, 7) is 5.92. The molecule has 0 aliphatic carbocycles. The van der Waals surface area contributed by atoms with E-state index in [0.717, 1.165) is 13.0 Å². The zero-order valence-corrected chi connectivity index (χ0v) is 17.9. The second kappa shape index (κ2) is 6.59. The third-order valence-electron chi connectivity index (χ3n) is 6.57. The molecular weight excluding hydrogens is 352 g/mol. The Balaban J connectivity index is 1.64. The molecule has 5 rings (SSSR count). The summed E-state index contributed by atoms with van der Waals surface area (Å²) in [6.07, 6.45) is 4.76. The van der Waals surface area contributed by atoms with E-state index in [1.54, 1.807) is 0 Å². The number of rotatable bonds is 2. The molecule has 0 saturated heterocycles. The summed E-state index contributed by atoms with van der Waals surface area (Å²) in [7, 11) is 4.18. The van der Waals surface area contributed by atoms with Gasteiger partial charge in [0.25, 0.3) is 0 Å². The van der Waals surface area contributed by atoms with Gasteiger partial charge in [-0.15, -0.1) is 0 Å². The van der Waals surface area contributed by atoms with Crippen molar-refractivity contribution in [2.24, 2.45) is 0 Å². The molecule has 0 saturated carbocycles. The van der Waals surface area contributed by atoms with Gasteiger partial charge < -0.3 is 4.90 Å². The maximum Gasteiger partial charge on any atom is 0.210 e. The highest BCUT2D eigenvalue weighted by molar-refractivity contribution is 6.12. The van der Waals surface area contributed by atoms with Gasteiger partial charge in [-0.25, -0.2) is 0 Å². The number of nitrogens with zero attached hydrogens (tertiary/aromatic N) is 2. The molecule has 2 heteroatoms. The zero-order valence-electron chi connectivity index (χ0n) is 17.9. The molecule has 146 valence electrons. The Morgan fingerprint density at radius 1 is 0.931 bits per heavy atom. The number of anilines is 1. The maximum atomic E-state index is 2.59. The van der Waals surface area contributed by atoms with Gasteiger partial charge in [-0.3, -0.25) is 0 Å². The average Bonchev–Trinajstić information content (AvgIpc) is 2.97. The lowest BCUT2D eigenvalue weighted by Gasteiger charge is -2.23. The monoisotopic (exact) mass is 381 g/mol. The van der Waals surface area contributed by atoms with E-state index in [4.69, 9.17) is 0 Å². The SMILES string of the molecule is CN(C)c1ccc(C=C2CCC[N+]3=C2C(C)(C)c2c3ccc3ccccc23)cc1. The fourth-order valence-corrected chi connectivity index (χ4v) is 5.28. The second-order valence-corrected chi connectivity index (χ2v) is 9.07. The standard InChI is InChI=1S/C27H29N2/c1-27(2)25-23-10-6-5-8-20(23)13-16-24(25)29-17-7-9-21(26(27)29)18-19-11-14-22(15-12-19)28(3)4/h5-6,8,10-16,18H,7,9,17H2,1-4H3/q+1. The molecule has 0 bridgehead atoms. The van der Waals surface area contributed by atoms with Gasteiger partial charge in [0.2, 0.25) is 5.69 Å². The second-order valence-electron chi connectivity index (χ2n) is 9.07. The highest BCUT2D eigenvalue weighted by atomic mass is 15.1. The Labute approximate surface area is 173 Å². The van der Waals surface area contributed by atoms with Crippen molar-refractivity contribution < 1.29 is 4.58 Å². The lowest BCUT2D eigenvalue weighted by molar-refractivity contribution is -0.441. The van der Waals surface area contributed by atoms with E-state index in [1.807, 2.05) is 0 Å². The van der Waals surface area contributed by atoms with Crippen LogP contribution >= 0.6 is 0 Å². The number of hydrogen-bond acceptors (Lipinski definition) is 1. The molecule has 0 unspecified atom stereocenters. The van der Waals surface area contributed by atoms with Crippen molar-refractivity contribution in [2.75, 3.05) is 25.5 Å². The highest BCUT2D eigenvalue weighted by Gasteiger charge is 2.49. The topological polar surface area (TPSA) is 6.25 Å². The maximum absolute atomic E-state index is 2.59. The Morgan fingerprint density at radius 3 is 2.45 bits per heavy atom. The quantitative estimate of drug-likeness (QED) is 0.482. The molecule has 0 fully saturated rings. The van der Waals surface area contributed by atoms with Crippen molar-refractivity contribution in [3.05, 3.63) is 77.4 Å². The Morgan fingerprint density at radius 2 is 1.69 bits per heavy atom. The van der Waals surface area contributed by atoms with Crippen LogP contribution < -0.4 is 4.90 Å². The fourth-order valence-electron chi connectivity index (χ4n) is 5.28. The first-order chi connectivity index (χ1) is 14.0. The summed E-state index contributed by atoms with van der Waals surface area (Å²) < 4.78 is 2.59. The van der Waals surface area contributed by atoms with E-state index in [-0.39, 0.29) is 5.41 Å². The van der Waals surface area contributed by atoms with Crippen LogP contribution in [0.3, 0.4) is 0 Å². The molecule has 0 spiro atoms. The Bertz CT molecular complexity index is 1160. The van der Waals surface area contributed by atoms with E-state index >= 15 is 0 Å². The fraction of sp³-hybridized carbons (Fsp3) is 0.296. The normalized spacial score (nSPS) is 18.8.